The first kappa shape index (κ1) is 52.2. The number of hydrogen-bond donors (Lipinski definition) is 9. The minimum absolute atomic E-state index is 0.0377. The van der Waals surface area contributed by atoms with Gasteiger partial charge in [-0.05, 0) is 93.3 Å². The summed E-state index contributed by atoms with van der Waals surface area (Å²) in [5.41, 5.74) is -3.65. The lowest BCUT2D eigenvalue weighted by Crippen LogP contribution is -2.76. The van der Waals surface area contributed by atoms with Crippen molar-refractivity contribution < 1.29 is 88.8 Å². The number of rotatable bonds is 9. The highest BCUT2D eigenvalue weighted by atomic mass is 16.8. The first-order chi connectivity index (χ1) is 31.0. The van der Waals surface area contributed by atoms with Crippen LogP contribution in [0.1, 0.15) is 115 Å². The maximum atomic E-state index is 13.5. The van der Waals surface area contributed by atoms with Crippen LogP contribution in [0, 0.1) is 50.2 Å². The monoisotopic (exact) mass is 953 g/mol. The highest BCUT2D eigenvalue weighted by Crippen LogP contribution is 2.76. The molecule has 6 fully saturated rings. The molecule has 22 atom stereocenters. The summed E-state index contributed by atoms with van der Waals surface area (Å²) >= 11 is 0. The number of carbonyl (C=O) groups is 3. The zero-order valence-corrected chi connectivity index (χ0v) is 40.7. The molecular formula is C49H76O18. The van der Waals surface area contributed by atoms with E-state index in [9.17, 15) is 60.3 Å². The number of ether oxygens (including phenoxy) is 6. The Bertz CT molecular complexity index is 1970. The van der Waals surface area contributed by atoms with Gasteiger partial charge in [0.05, 0.1) is 36.4 Å². The second-order valence-corrected chi connectivity index (χ2v) is 23.2. The SMILES string of the molecule is CC(=O)OC1[C@H](OC(=O)C=C(C)C)[C@]2(CO)[C@H](O)[C@H](O)[C@]3(C)C(=CC[C@@H]4[C@@]5(C)CC[C@H](O[C@@H]6O[C@H](C(=O)O)[C@@H](O)[C@H](O)[C@H]6O[C@H]6O[C@H](C)[C@@H](O)[C@H](O)[C@@H]6O)C(C)(C)[C@@H]5CC[C@]43C)[C@@H]2CC1(C)C. The quantitative estimate of drug-likeness (QED) is 0.0690. The first-order valence-electron chi connectivity index (χ1n) is 23.9. The van der Waals surface area contributed by atoms with E-state index in [0.29, 0.717) is 44.1 Å². The molecule has 0 bridgehead atoms. The fourth-order valence-electron chi connectivity index (χ4n) is 14.8. The number of aliphatic carboxylic acids is 1. The number of hydrogen-bond acceptors (Lipinski definition) is 17. The normalized spacial score (nSPS) is 49.9. The van der Waals surface area contributed by atoms with Gasteiger partial charge in [0.25, 0.3) is 0 Å². The molecule has 0 aromatic carbocycles. The molecule has 18 heteroatoms. The van der Waals surface area contributed by atoms with Crippen LogP contribution in [0.5, 0.6) is 0 Å². The van der Waals surface area contributed by atoms with Crippen molar-refractivity contribution in [3.05, 3.63) is 23.3 Å². The summed E-state index contributed by atoms with van der Waals surface area (Å²) in [4.78, 5) is 38.4. The van der Waals surface area contributed by atoms with E-state index in [2.05, 4.69) is 33.8 Å². The maximum absolute atomic E-state index is 13.5. The third-order valence-corrected chi connectivity index (χ3v) is 18.5. The van der Waals surface area contributed by atoms with Crippen LogP contribution >= 0.6 is 0 Å². The van der Waals surface area contributed by atoms with Gasteiger partial charge < -0.3 is 74.4 Å². The molecule has 7 rings (SSSR count). The van der Waals surface area contributed by atoms with Gasteiger partial charge in [0, 0.05) is 23.8 Å². The Morgan fingerprint density at radius 1 is 0.761 bits per heavy atom. The van der Waals surface area contributed by atoms with Crippen LogP contribution < -0.4 is 0 Å². The van der Waals surface area contributed by atoms with Crippen molar-refractivity contribution in [2.75, 3.05) is 6.61 Å². The van der Waals surface area contributed by atoms with Crippen LogP contribution in [0.25, 0.3) is 0 Å². The van der Waals surface area contributed by atoms with Crippen LogP contribution in [0.15, 0.2) is 23.3 Å². The van der Waals surface area contributed by atoms with Gasteiger partial charge in [0.15, 0.2) is 24.8 Å². The zero-order valence-electron chi connectivity index (χ0n) is 40.7. The van der Waals surface area contributed by atoms with Gasteiger partial charge in [-0.1, -0.05) is 65.7 Å². The van der Waals surface area contributed by atoms with E-state index < -0.39 is 155 Å². The molecule has 380 valence electrons. The molecule has 1 unspecified atom stereocenters. The van der Waals surface area contributed by atoms with Gasteiger partial charge in [-0.25, -0.2) is 9.59 Å². The largest absolute Gasteiger partial charge is 0.479 e. The lowest BCUT2D eigenvalue weighted by molar-refractivity contribution is -0.372. The summed E-state index contributed by atoms with van der Waals surface area (Å²) in [7, 11) is 0. The standard InChI is InChI=1S/C49H76O18/c1-21(2)18-29(52)65-40-39(63-23(4)51)44(5,6)19-25-24-12-13-27-46(9)16-15-28(45(7,8)26(46)14-17-47(27,10)48(24,11)37(58)38(59)49(25,40)20-50)64-43-36(33(56)32(55)35(66-43)41(60)61)67-42-34(57)31(54)30(53)22(3)62-42/h12,18,22,25-28,30-40,42-43,50,53-59H,13-17,19-20H2,1-11H3,(H,60,61)/t22-,25+,26+,27-,28+,30-,31+,32+,33+,34+,35+,36-,37+,38-,39?,40+,42-,43-,46+,47-,48+,49+/m1/s1. The number of allylic oxidation sites excluding steroid dienone is 2. The average molecular weight is 953 g/mol. The number of carboxylic acids is 1. The van der Waals surface area contributed by atoms with Crippen LogP contribution in [0.3, 0.4) is 0 Å². The summed E-state index contributed by atoms with van der Waals surface area (Å²) in [5.74, 6) is -3.58. The fourth-order valence-corrected chi connectivity index (χ4v) is 14.8. The third-order valence-electron chi connectivity index (χ3n) is 18.5. The Hall–Kier alpha value is -2.59. The molecule has 0 aromatic heterocycles. The molecule has 0 radical (unpaired) electrons. The molecule has 2 aliphatic heterocycles. The van der Waals surface area contributed by atoms with Gasteiger partial charge >= 0.3 is 17.9 Å². The molecule has 0 spiro atoms. The predicted molar refractivity (Wildman–Crippen MR) is 235 cm³/mol. The maximum Gasteiger partial charge on any atom is 0.335 e. The van der Waals surface area contributed by atoms with Crippen molar-refractivity contribution >= 4 is 17.9 Å². The summed E-state index contributed by atoms with van der Waals surface area (Å²) in [5, 5.41) is 101. The van der Waals surface area contributed by atoms with Crippen molar-refractivity contribution in [2.45, 2.75) is 207 Å². The Morgan fingerprint density at radius 2 is 1.42 bits per heavy atom. The number of carbonyl (C=O) groups excluding carboxylic acids is 2. The summed E-state index contributed by atoms with van der Waals surface area (Å²) < 4.78 is 36.2. The van der Waals surface area contributed by atoms with Crippen molar-refractivity contribution in [1.82, 2.24) is 0 Å². The van der Waals surface area contributed by atoms with Crippen molar-refractivity contribution in [1.29, 1.82) is 0 Å². The highest BCUT2D eigenvalue weighted by molar-refractivity contribution is 5.83. The highest BCUT2D eigenvalue weighted by Gasteiger charge is 2.76. The molecular weight excluding hydrogens is 877 g/mol. The molecule has 4 saturated carbocycles. The second-order valence-electron chi connectivity index (χ2n) is 23.2. The van der Waals surface area contributed by atoms with E-state index in [0.717, 1.165) is 5.57 Å². The number of carboxylic acid groups (broad SMARTS) is 1. The Kier molecular flexibility index (Phi) is 14.0. The first-order valence-corrected chi connectivity index (χ1v) is 23.9. The fraction of sp³-hybridized carbons (Fsp3) is 0.857. The molecule has 0 amide bonds. The molecule has 2 saturated heterocycles. The van der Waals surface area contributed by atoms with Crippen LogP contribution in [-0.2, 0) is 42.8 Å². The molecule has 5 aliphatic carbocycles. The zero-order chi connectivity index (χ0) is 49.9. The van der Waals surface area contributed by atoms with Crippen molar-refractivity contribution in [3.8, 4) is 0 Å². The van der Waals surface area contributed by atoms with Crippen molar-refractivity contribution in [2.24, 2.45) is 50.2 Å². The van der Waals surface area contributed by atoms with E-state index in [4.69, 9.17) is 28.4 Å². The topological polar surface area (TPSA) is 289 Å². The number of aliphatic hydroxyl groups is 8. The molecule has 9 N–H and O–H groups in total. The minimum Gasteiger partial charge on any atom is -0.479 e. The lowest BCUT2D eigenvalue weighted by atomic mass is 9.32. The van der Waals surface area contributed by atoms with Crippen molar-refractivity contribution in [3.63, 3.8) is 0 Å². The molecule has 67 heavy (non-hydrogen) atoms. The smallest absolute Gasteiger partial charge is 0.335 e. The third kappa shape index (κ3) is 7.95. The Labute approximate surface area is 392 Å². The molecule has 0 aromatic rings. The van der Waals surface area contributed by atoms with E-state index in [1.54, 1.807) is 13.8 Å². The summed E-state index contributed by atoms with van der Waals surface area (Å²) in [6, 6.07) is 0. The second kappa shape index (κ2) is 17.9. The van der Waals surface area contributed by atoms with E-state index >= 15 is 0 Å². The number of fused-ring (bicyclic) bond motifs is 7. The van der Waals surface area contributed by atoms with Gasteiger partial charge in [0.1, 0.15) is 42.7 Å². The van der Waals surface area contributed by atoms with E-state index in [1.807, 2.05) is 20.8 Å². The van der Waals surface area contributed by atoms with Gasteiger partial charge in [-0.3, -0.25) is 4.79 Å². The number of esters is 2. The number of aliphatic hydroxyl groups excluding tert-OH is 8. The van der Waals surface area contributed by atoms with Crippen LogP contribution in [-0.4, -0.2) is 162 Å². The van der Waals surface area contributed by atoms with Crippen LogP contribution in [0.2, 0.25) is 0 Å². The Morgan fingerprint density at radius 3 is 2.01 bits per heavy atom. The molecule has 18 nitrogen and oxygen atoms in total. The summed E-state index contributed by atoms with van der Waals surface area (Å²) in [6.07, 6.45) is -15.9. The minimum atomic E-state index is -1.96. The van der Waals surface area contributed by atoms with Gasteiger partial charge in [-0.2, -0.15) is 0 Å². The lowest BCUT2D eigenvalue weighted by Gasteiger charge is -2.73. The molecule has 7 aliphatic rings. The van der Waals surface area contributed by atoms with E-state index in [-0.39, 0.29) is 11.8 Å². The van der Waals surface area contributed by atoms with Gasteiger partial charge in [0.2, 0.25) is 0 Å². The van der Waals surface area contributed by atoms with Crippen LogP contribution in [0.4, 0.5) is 0 Å². The average Bonchev–Trinajstić information content (AvgIpc) is 3.22. The van der Waals surface area contributed by atoms with Gasteiger partial charge in [-0.15, -0.1) is 0 Å². The Balaban J connectivity index is 1.22. The van der Waals surface area contributed by atoms with E-state index in [1.165, 1.54) is 19.9 Å². The summed E-state index contributed by atoms with van der Waals surface area (Å²) in [6.45, 7) is 19.9. The molecule has 2 heterocycles. The predicted octanol–water partition coefficient (Wildman–Crippen LogP) is 1.88.